The maximum atomic E-state index is 11.4. The summed E-state index contributed by atoms with van der Waals surface area (Å²) in [6.45, 7) is 12.2. The Morgan fingerprint density at radius 1 is 0.920 bits per heavy atom. The zero-order chi connectivity index (χ0) is 20.0. The Kier molecular flexibility index (Phi) is 14.7. The van der Waals surface area contributed by atoms with E-state index in [1.807, 2.05) is 72.6 Å². The van der Waals surface area contributed by atoms with Crippen LogP contribution in [0.5, 0.6) is 0 Å². The SMILES string of the molecule is CCC(C)(C)C(=O)OCCN(C)C.CCC(C)C(=O)OCCN(C)C. The molecular formula is C19H40N2O4. The van der Waals surface area contributed by atoms with Crippen molar-refractivity contribution >= 4 is 11.9 Å². The van der Waals surface area contributed by atoms with E-state index in [0.717, 1.165) is 25.9 Å². The highest BCUT2D eigenvalue weighted by molar-refractivity contribution is 5.75. The fourth-order valence-corrected chi connectivity index (χ4v) is 1.30. The van der Waals surface area contributed by atoms with E-state index in [0.29, 0.717) is 13.2 Å². The van der Waals surface area contributed by atoms with Gasteiger partial charge in [0.2, 0.25) is 0 Å². The molecule has 0 aromatic rings. The largest absolute Gasteiger partial charge is 0.464 e. The Bertz CT molecular complexity index is 368. The second-order valence-corrected chi connectivity index (χ2v) is 7.46. The van der Waals surface area contributed by atoms with Gasteiger partial charge in [-0.25, -0.2) is 0 Å². The molecule has 0 amide bonds. The Morgan fingerprint density at radius 3 is 1.72 bits per heavy atom. The molecule has 1 unspecified atom stereocenters. The van der Waals surface area contributed by atoms with Gasteiger partial charge >= 0.3 is 11.9 Å². The van der Waals surface area contributed by atoms with Crippen LogP contribution in [0.4, 0.5) is 0 Å². The highest BCUT2D eigenvalue weighted by atomic mass is 16.5. The second-order valence-electron chi connectivity index (χ2n) is 7.46. The molecule has 150 valence electrons. The Morgan fingerprint density at radius 2 is 1.36 bits per heavy atom. The predicted molar refractivity (Wildman–Crippen MR) is 103 cm³/mol. The van der Waals surface area contributed by atoms with Crippen LogP contribution in [0.3, 0.4) is 0 Å². The van der Waals surface area contributed by atoms with E-state index in [1.165, 1.54) is 0 Å². The monoisotopic (exact) mass is 360 g/mol. The fraction of sp³-hybridized carbons (Fsp3) is 0.895. The van der Waals surface area contributed by atoms with E-state index in [2.05, 4.69) is 0 Å². The molecule has 0 fully saturated rings. The molecule has 0 aliphatic heterocycles. The van der Waals surface area contributed by atoms with Crippen molar-refractivity contribution in [2.24, 2.45) is 11.3 Å². The number of rotatable bonds is 10. The van der Waals surface area contributed by atoms with Gasteiger partial charge in [-0.05, 0) is 54.9 Å². The summed E-state index contributed by atoms with van der Waals surface area (Å²) >= 11 is 0. The highest BCUT2D eigenvalue weighted by Gasteiger charge is 2.26. The van der Waals surface area contributed by atoms with Gasteiger partial charge in [0.1, 0.15) is 13.2 Å². The molecule has 0 aromatic heterocycles. The minimum absolute atomic E-state index is 0.0344. The lowest BCUT2D eigenvalue weighted by Gasteiger charge is -2.20. The summed E-state index contributed by atoms with van der Waals surface area (Å²) in [6, 6.07) is 0. The van der Waals surface area contributed by atoms with Gasteiger partial charge in [0, 0.05) is 13.1 Å². The maximum absolute atomic E-state index is 11.4. The molecule has 0 rings (SSSR count). The van der Waals surface area contributed by atoms with Gasteiger partial charge in [-0.15, -0.1) is 0 Å². The number of carbonyl (C=O) groups is 2. The van der Waals surface area contributed by atoms with E-state index in [4.69, 9.17) is 9.47 Å². The Labute approximate surface area is 154 Å². The lowest BCUT2D eigenvalue weighted by atomic mass is 9.91. The predicted octanol–water partition coefficient (Wildman–Crippen LogP) is 2.66. The molecular weight excluding hydrogens is 320 g/mol. The summed E-state index contributed by atoms with van der Waals surface area (Å²) in [5.41, 5.74) is -0.341. The van der Waals surface area contributed by atoms with E-state index < -0.39 is 0 Å². The maximum Gasteiger partial charge on any atom is 0.311 e. The summed E-state index contributed by atoms with van der Waals surface area (Å²) in [6.07, 6.45) is 1.66. The van der Waals surface area contributed by atoms with E-state index in [1.54, 1.807) is 0 Å². The van der Waals surface area contributed by atoms with Crippen molar-refractivity contribution in [2.75, 3.05) is 54.5 Å². The third kappa shape index (κ3) is 14.9. The molecule has 0 aromatic carbocycles. The molecule has 1 atom stereocenters. The summed E-state index contributed by atoms with van der Waals surface area (Å²) in [7, 11) is 7.83. The van der Waals surface area contributed by atoms with Crippen LogP contribution in [0.15, 0.2) is 0 Å². The lowest BCUT2D eigenvalue weighted by molar-refractivity contribution is -0.154. The molecule has 0 bridgehead atoms. The van der Waals surface area contributed by atoms with Crippen LogP contribution in [-0.2, 0) is 19.1 Å². The second kappa shape index (κ2) is 14.1. The van der Waals surface area contributed by atoms with Gasteiger partial charge in [0.25, 0.3) is 0 Å². The number of nitrogens with zero attached hydrogens (tertiary/aromatic N) is 2. The van der Waals surface area contributed by atoms with Crippen LogP contribution in [0, 0.1) is 11.3 Å². The minimum Gasteiger partial charge on any atom is -0.464 e. The number of esters is 2. The lowest BCUT2D eigenvalue weighted by Crippen LogP contribution is -2.28. The normalized spacial score (nSPS) is 12.4. The van der Waals surface area contributed by atoms with Gasteiger partial charge in [0.15, 0.2) is 0 Å². The van der Waals surface area contributed by atoms with Crippen molar-refractivity contribution in [2.45, 2.75) is 47.5 Å². The third-order valence-corrected chi connectivity index (χ3v) is 4.01. The van der Waals surface area contributed by atoms with Gasteiger partial charge in [-0.3, -0.25) is 9.59 Å². The van der Waals surface area contributed by atoms with E-state index in [9.17, 15) is 9.59 Å². The smallest absolute Gasteiger partial charge is 0.311 e. The van der Waals surface area contributed by atoms with Crippen molar-refractivity contribution in [3.63, 3.8) is 0 Å². The molecule has 0 aliphatic rings. The van der Waals surface area contributed by atoms with Crippen LogP contribution < -0.4 is 0 Å². The molecule has 25 heavy (non-hydrogen) atoms. The highest BCUT2D eigenvalue weighted by Crippen LogP contribution is 2.21. The van der Waals surface area contributed by atoms with Crippen molar-refractivity contribution in [3.05, 3.63) is 0 Å². The van der Waals surface area contributed by atoms with Crippen molar-refractivity contribution < 1.29 is 19.1 Å². The summed E-state index contributed by atoms with van der Waals surface area (Å²) in [5.74, 6) is -0.150. The molecule has 6 nitrogen and oxygen atoms in total. The molecule has 0 radical (unpaired) electrons. The molecule has 6 heteroatoms. The number of hydrogen-bond donors (Lipinski definition) is 0. The molecule has 0 aliphatic carbocycles. The van der Waals surface area contributed by atoms with Gasteiger partial charge < -0.3 is 19.3 Å². The summed E-state index contributed by atoms with van der Waals surface area (Å²) < 4.78 is 10.2. The van der Waals surface area contributed by atoms with Crippen molar-refractivity contribution in [1.82, 2.24) is 9.80 Å². The van der Waals surface area contributed by atoms with Crippen LogP contribution in [0.2, 0.25) is 0 Å². The average Bonchev–Trinajstić information content (AvgIpc) is 2.53. The van der Waals surface area contributed by atoms with E-state index in [-0.39, 0.29) is 23.3 Å². The van der Waals surface area contributed by atoms with Crippen LogP contribution in [0.25, 0.3) is 0 Å². The van der Waals surface area contributed by atoms with Crippen molar-refractivity contribution in [3.8, 4) is 0 Å². The first-order valence-corrected chi connectivity index (χ1v) is 9.11. The third-order valence-electron chi connectivity index (χ3n) is 4.01. The molecule has 0 N–H and O–H groups in total. The fourth-order valence-electron chi connectivity index (χ4n) is 1.30. The Hall–Kier alpha value is -1.14. The minimum atomic E-state index is -0.341. The van der Waals surface area contributed by atoms with Crippen LogP contribution >= 0.6 is 0 Å². The summed E-state index contributed by atoms with van der Waals surface area (Å²) in [5, 5.41) is 0. The first-order chi connectivity index (χ1) is 11.5. The number of carbonyl (C=O) groups excluding carboxylic acids is 2. The van der Waals surface area contributed by atoms with Crippen LogP contribution in [0.1, 0.15) is 47.5 Å². The van der Waals surface area contributed by atoms with Gasteiger partial charge in [-0.2, -0.15) is 0 Å². The zero-order valence-corrected chi connectivity index (χ0v) is 17.8. The molecule has 0 saturated carbocycles. The number of likely N-dealkylation sites (N-methyl/N-ethyl adjacent to an activating group) is 2. The van der Waals surface area contributed by atoms with E-state index >= 15 is 0 Å². The summed E-state index contributed by atoms with van der Waals surface area (Å²) in [4.78, 5) is 26.5. The molecule has 0 spiro atoms. The van der Waals surface area contributed by atoms with Crippen LogP contribution in [-0.4, -0.2) is 76.2 Å². The standard InChI is InChI=1S/C10H21NO2.C9H19NO2/c1-6-10(2,3)9(12)13-8-7-11(4)5;1-5-8(2)9(11)12-7-6-10(3)4/h6-8H2,1-5H3;8H,5-7H2,1-4H3. The average molecular weight is 361 g/mol. The Balaban J connectivity index is 0. The van der Waals surface area contributed by atoms with Crippen molar-refractivity contribution in [1.29, 1.82) is 0 Å². The topological polar surface area (TPSA) is 59.1 Å². The van der Waals surface area contributed by atoms with Gasteiger partial charge in [0.05, 0.1) is 11.3 Å². The molecule has 0 saturated heterocycles. The zero-order valence-electron chi connectivity index (χ0n) is 17.8. The van der Waals surface area contributed by atoms with Gasteiger partial charge in [-0.1, -0.05) is 20.8 Å². The first kappa shape index (κ1) is 26.1. The molecule has 0 heterocycles. The first-order valence-electron chi connectivity index (χ1n) is 9.11. The quantitative estimate of drug-likeness (QED) is 0.558. The number of ether oxygens (including phenoxy) is 2. The number of hydrogen-bond acceptors (Lipinski definition) is 6.